The van der Waals surface area contributed by atoms with Crippen LogP contribution in [0.15, 0.2) is 48.0 Å². The van der Waals surface area contributed by atoms with E-state index in [-0.39, 0.29) is 24.2 Å². The van der Waals surface area contributed by atoms with E-state index in [0.717, 1.165) is 54.6 Å². The number of nitrogens with one attached hydrogen (secondary N) is 1. The van der Waals surface area contributed by atoms with E-state index in [1.54, 1.807) is 12.1 Å². The fraction of sp³-hybridized carbons (Fsp3) is 0.438. The third-order valence-electron chi connectivity index (χ3n) is 8.84. The van der Waals surface area contributed by atoms with Crippen molar-refractivity contribution in [3.63, 3.8) is 0 Å². The lowest BCUT2D eigenvalue weighted by molar-refractivity contribution is -0.136. The van der Waals surface area contributed by atoms with Gasteiger partial charge < -0.3 is 0 Å². The molecule has 214 valence electrons. The molecule has 2 aromatic rings. The minimum atomic E-state index is -0.951. The van der Waals surface area contributed by atoms with Gasteiger partial charge in [-0.05, 0) is 72.1 Å². The molecule has 0 radical (unpaired) electrons. The van der Waals surface area contributed by atoms with Gasteiger partial charge in [0.15, 0.2) is 0 Å². The van der Waals surface area contributed by atoms with Crippen LogP contribution >= 0.6 is 11.6 Å². The number of imide groups is 2. The molecule has 6 rings (SSSR count). The Labute approximate surface area is 245 Å². The van der Waals surface area contributed by atoms with Gasteiger partial charge in [0, 0.05) is 37.6 Å². The zero-order valence-electron chi connectivity index (χ0n) is 23.5. The van der Waals surface area contributed by atoms with E-state index >= 15 is 0 Å². The number of piperidine rings is 1. The lowest BCUT2D eigenvalue weighted by atomic mass is 9.72. The molecular weight excluding hydrogens is 540 g/mol. The van der Waals surface area contributed by atoms with Crippen LogP contribution in [0, 0.1) is 5.41 Å². The van der Waals surface area contributed by atoms with Crippen molar-refractivity contribution in [2.45, 2.75) is 58.5 Å². The summed E-state index contributed by atoms with van der Waals surface area (Å²) in [6.07, 6.45) is 3.58. The molecule has 1 N–H and O–H groups in total. The van der Waals surface area contributed by atoms with Crippen molar-refractivity contribution >= 4 is 40.8 Å². The number of rotatable bonds is 6. The molecule has 41 heavy (non-hydrogen) atoms. The van der Waals surface area contributed by atoms with Crippen molar-refractivity contribution in [1.29, 1.82) is 0 Å². The van der Waals surface area contributed by atoms with E-state index in [9.17, 15) is 19.2 Å². The lowest BCUT2D eigenvalue weighted by Crippen LogP contribution is -2.54. The van der Waals surface area contributed by atoms with Crippen LogP contribution in [0.4, 0.5) is 0 Å². The average Bonchev–Trinajstić information content (AvgIpc) is 3.47. The molecule has 4 aliphatic rings. The Kier molecular flexibility index (Phi) is 7.34. The molecular formula is C32H35ClN4O4. The molecule has 0 aromatic heterocycles. The SMILES string of the molecule is CC1(C)CCC(CN2CCN(Cc3ccc4c(c3)C(=O)N(C3CCC(=O)NC3=O)C4=O)C2)=C(c2ccc(Cl)cc2)C1. The number of hydrogen-bond acceptors (Lipinski definition) is 6. The van der Waals surface area contributed by atoms with Gasteiger partial charge in [-0.25, -0.2) is 0 Å². The van der Waals surface area contributed by atoms with Crippen LogP contribution in [-0.4, -0.2) is 70.7 Å². The average molecular weight is 575 g/mol. The summed E-state index contributed by atoms with van der Waals surface area (Å²) in [4.78, 5) is 56.0. The van der Waals surface area contributed by atoms with Crippen molar-refractivity contribution in [2.75, 3.05) is 26.3 Å². The molecule has 1 aliphatic carbocycles. The zero-order chi connectivity index (χ0) is 28.9. The number of allylic oxidation sites excluding steroid dienone is 1. The first-order chi connectivity index (χ1) is 19.6. The highest BCUT2D eigenvalue weighted by Crippen LogP contribution is 2.43. The normalized spacial score (nSPS) is 23.4. The summed E-state index contributed by atoms with van der Waals surface area (Å²) in [6.45, 7) is 9.00. The van der Waals surface area contributed by atoms with E-state index in [1.165, 1.54) is 23.1 Å². The quantitative estimate of drug-likeness (QED) is 0.512. The van der Waals surface area contributed by atoms with Gasteiger partial charge in [-0.15, -0.1) is 0 Å². The summed E-state index contributed by atoms with van der Waals surface area (Å²) in [5, 5.41) is 2.99. The fourth-order valence-corrected chi connectivity index (χ4v) is 6.70. The molecule has 2 saturated heterocycles. The standard InChI is InChI=1S/C32H35ClN4O4/c1-32(2)12-11-22(26(16-32)21-4-6-23(33)7-5-21)18-36-14-13-35(19-36)17-20-3-8-24-25(15-20)31(41)37(30(24)40)27-9-10-28(38)34-29(27)39/h3-8,15,27H,9-14,16-19H2,1-2H3,(H,34,38,39). The topological polar surface area (TPSA) is 90.0 Å². The second kappa shape index (κ2) is 10.8. The van der Waals surface area contributed by atoms with Crippen molar-refractivity contribution in [1.82, 2.24) is 20.0 Å². The van der Waals surface area contributed by atoms with Crippen molar-refractivity contribution in [3.05, 3.63) is 75.3 Å². The van der Waals surface area contributed by atoms with Crippen LogP contribution in [0.25, 0.3) is 5.57 Å². The maximum atomic E-state index is 13.2. The van der Waals surface area contributed by atoms with E-state index in [1.807, 2.05) is 18.2 Å². The molecule has 4 amide bonds. The van der Waals surface area contributed by atoms with Gasteiger partial charge in [-0.2, -0.15) is 0 Å². The molecule has 2 fully saturated rings. The van der Waals surface area contributed by atoms with Gasteiger partial charge >= 0.3 is 0 Å². The van der Waals surface area contributed by atoms with Gasteiger partial charge in [-0.1, -0.05) is 49.2 Å². The van der Waals surface area contributed by atoms with Gasteiger partial charge in [0.25, 0.3) is 11.8 Å². The molecule has 3 aliphatic heterocycles. The molecule has 1 unspecified atom stereocenters. The number of nitrogens with zero attached hydrogens (tertiary/aromatic N) is 3. The molecule has 0 bridgehead atoms. The smallest absolute Gasteiger partial charge is 0.262 e. The second-order valence-electron chi connectivity index (χ2n) is 12.5. The minimum absolute atomic E-state index is 0.108. The van der Waals surface area contributed by atoms with Crippen LogP contribution in [0.1, 0.15) is 77.8 Å². The monoisotopic (exact) mass is 574 g/mol. The Morgan fingerprint density at radius 3 is 2.34 bits per heavy atom. The number of halogens is 1. The maximum Gasteiger partial charge on any atom is 0.262 e. The van der Waals surface area contributed by atoms with Crippen LogP contribution < -0.4 is 5.32 Å². The highest BCUT2D eigenvalue weighted by molar-refractivity contribution is 6.30. The number of carbonyl (C=O) groups excluding carboxylic acids is 4. The van der Waals surface area contributed by atoms with E-state index in [4.69, 9.17) is 11.6 Å². The van der Waals surface area contributed by atoms with Crippen molar-refractivity contribution < 1.29 is 19.2 Å². The number of fused-ring (bicyclic) bond motifs is 1. The van der Waals surface area contributed by atoms with Crippen molar-refractivity contribution in [2.24, 2.45) is 5.41 Å². The Morgan fingerprint density at radius 1 is 0.902 bits per heavy atom. The second-order valence-corrected chi connectivity index (χ2v) is 12.9. The third kappa shape index (κ3) is 5.61. The first-order valence-corrected chi connectivity index (χ1v) is 14.7. The van der Waals surface area contributed by atoms with E-state index in [0.29, 0.717) is 17.7 Å². The maximum absolute atomic E-state index is 13.2. The molecule has 0 saturated carbocycles. The number of carbonyl (C=O) groups is 4. The Hall–Kier alpha value is -3.33. The van der Waals surface area contributed by atoms with Crippen LogP contribution in [-0.2, 0) is 16.1 Å². The summed E-state index contributed by atoms with van der Waals surface area (Å²) in [7, 11) is 0. The molecule has 8 nitrogen and oxygen atoms in total. The number of benzene rings is 2. The van der Waals surface area contributed by atoms with Crippen molar-refractivity contribution in [3.8, 4) is 0 Å². The molecule has 2 aromatic carbocycles. The van der Waals surface area contributed by atoms with Crippen LogP contribution in [0.3, 0.4) is 0 Å². The van der Waals surface area contributed by atoms with Gasteiger partial charge in [0.1, 0.15) is 6.04 Å². The Bertz CT molecular complexity index is 1460. The van der Waals surface area contributed by atoms with Crippen LogP contribution in [0.2, 0.25) is 5.02 Å². The lowest BCUT2D eigenvalue weighted by Gasteiger charge is -2.35. The number of amides is 4. The molecule has 9 heteroatoms. The highest BCUT2D eigenvalue weighted by atomic mass is 35.5. The van der Waals surface area contributed by atoms with Gasteiger partial charge in [-0.3, -0.25) is 39.2 Å². The Balaban J connectivity index is 1.13. The fourth-order valence-electron chi connectivity index (χ4n) is 6.57. The van der Waals surface area contributed by atoms with Gasteiger partial charge in [0.05, 0.1) is 17.8 Å². The summed E-state index contributed by atoms with van der Waals surface area (Å²) in [5.74, 6) is -1.91. The zero-order valence-corrected chi connectivity index (χ0v) is 24.3. The Morgan fingerprint density at radius 2 is 1.61 bits per heavy atom. The predicted molar refractivity (Wildman–Crippen MR) is 156 cm³/mol. The van der Waals surface area contributed by atoms with Gasteiger partial charge in [0.2, 0.25) is 11.8 Å². The first kappa shape index (κ1) is 27.8. The summed E-state index contributed by atoms with van der Waals surface area (Å²) in [5.41, 5.74) is 6.08. The minimum Gasteiger partial charge on any atom is -0.295 e. The summed E-state index contributed by atoms with van der Waals surface area (Å²) >= 11 is 6.17. The summed E-state index contributed by atoms with van der Waals surface area (Å²) < 4.78 is 0. The molecule has 1 atom stereocenters. The molecule has 0 spiro atoms. The summed E-state index contributed by atoms with van der Waals surface area (Å²) in [6, 6.07) is 12.6. The van der Waals surface area contributed by atoms with Crippen LogP contribution in [0.5, 0.6) is 0 Å². The predicted octanol–water partition coefficient (Wildman–Crippen LogP) is 4.48. The first-order valence-electron chi connectivity index (χ1n) is 14.3. The van der Waals surface area contributed by atoms with E-state index in [2.05, 4.69) is 41.1 Å². The third-order valence-corrected chi connectivity index (χ3v) is 9.09. The van der Waals surface area contributed by atoms with E-state index < -0.39 is 23.8 Å². The largest absolute Gasteiger partial charge is 0.295 e. The molecule has 3 heterocycles. The highest BCUT2D eigenvalue weighted by Gasteiger charge is 2.44. The number of hydrogen-bond donors (Lipinski definition) is 1.